The molecule has 0 aromatic heterocycles. The predicted molar refractivity (Wildman–Crippen MR) is 100.0 cm³/mol. The van der Waals surface area contributed by atoms with Gasteiger partial charge in [0.25, 0.3) is 0 Å². The van der Waals surface area contributed by atoms with Crippen molar-refractivity contribution in [2.75, 3.05) is 0 Å². The highest BCUT2D eigenvalue weighted by Crippen LogP contribution is 2.45. The third-order valence-electron chi connectivity index (χ3n) is 5.03. The van der Waals surface area contributed by atoms with E-state index < -0.39 is 23.7 Å². The van der Waals surface area contributed by atoms with E-state index >= 15 is 0 Å². The van der Waals surface area contributed by atoms with Gasteiger partial charge in [-0.05, 0) is 48.1 Å². The first-order valence-corrected chi connectivity index (χ1v) is 9.17. The summed E-state index contributed by atoms with van der Waals surface area (Å²) in [6.07, 6.45) is -3.70. The van der Waals surface area contributed by atoms with Gasteiger partial charge in [-0.3, -0.25) is 10.2 Å². The maximum atomic E-state index is 14.2. The summed E-state index contributed by atoms with van der Waals surface area (Å²) < 4.78 is 42.5. The van der Waals surface area contributed by atoms with Crippen molar-refractivity contribution in [3.63, 3.8) is 0 Å². The van der Waals surface area contributed by atoms with E-state index in [1.807, 2.05) is 12.1 Å². The van der Waals surface area contributed by atoms with Crippen molar-refractivity contribution < 1.29 is 18.0 Å². The van der Waals surface area contributed by atoms with Crippen LogP contribution in [0.4, 0.5) is 13.2 Å². The minimum Gasteiger partial charge on any atom is -0.287 e. The molecule has 1 saturated heterocycles. The molecule has 6 heteroatoms. The van der Waals surface area contributed by atoms with Gasteiger partial charge in [0.05, 0.1) is 0 Å². The summed E-state index contributed by atoms with van der Waals surface area (Å²) in [5.74, 6) is 0.00413. The molecule has 0 saturated carbocycles. The molecule has 1 fully saturated rings. The normalized spacial score (nSPS) is 18.9. The van der Waals surface area contributed by atoms with E-state index in [4.69, 9.17) is 0 Å². The first-order valence-electron chi connectivity index (χ1n) is 9.17. The van der Waals surface area contributed by atoms with Gasteiger partial charge in [-0.25, -0.2) is 0 Å². The monoisotopic (exact) mass is 378 g/mol. The molecule has 146 valence electrons. The molecule has 1 heterocycles. The number of rotatable bonds is 4. The van der Waals surface area contributed by atoms with Crippen molar-refractivity contribution in [2.45, 2.75) is 58.3 Å². The summed E-state index contributed by atoms with van der Waals surface area (Å²) in [5, 5.41) is 2.48. The van der Waals surface area contributed by atoms with Crippen LogP contribution in [0.2, 0.25) is 0 Å². The van der Waals surface area contributed by atoms with E-state index in [9.17, 15) is 18.0 Å². The van der Waals surface area contributed by atoms with Gasteiger partial charge in [-0.2, -0.15) is 18.2 Å². The first kappa shape index (κ1) is 19.7. The van der Waals surface area contributed by atoms with Crippen molar-refractivity contribution in [3.05, 3.63) is 47.5 Å². The number of fused-ring (bicyclic) bond motifs is 1. The molecule has 27 heavy (non-hydrogen) atoms. The summed E-state index contributed by atoms with van der Waals surface area (Å²) >= 11 is 0. The molecule has 0 radical (unpaired) electrons. The van der Waals surface area contributed by atoms with Crippen LogP contribution in [0.1, 0.15) is 51.3 Å². The highest BCUT2D eigenvalue weighted by molar-refractivity contribution is 5.89. The van der Waals surface area contributed by atoms with E-state index in [1.165, 1.54) is 0 Å². The van der Waals surface area contributed by atoms with E-state index in [2.05, 4.69) is 19.3 Å². The Morgan fingerprint density at radius 3 is 2.26 bits per heavy atom. The van der Waals surface area contributed by atoms with Crippen LogP contribution in [0.25, 0.3) is 10.8 Å². The van der Waals surface area contributed by atoms with Crippen molar-refractivity contribution in [3.8, 4) is 0 Å². The largest absolute Gasteiger partial charge is 0.409 e. The van der Waals surface area contributed by atoms with E-state index in [0.29, 0.717) is 11.3 Å². The molecule has 3 rings (SSSR count). The van der Waals surface area contributed by atoms with E-state index in [0.717, 1.165) is 22.4 Å². The van der Waals surface area contributed by atoms with Crippen LogP contribution in [-0.4, -0.2) is 22.6 Å². The Balaban J connectivity index is 2.19. The maximum absolute atomic E-state index is 14.2. The smallest absolute Gasteiger partial charge is 0.287 e. The molecule has 0 unspecified atom stereocenters. The van der Waals surface area contributed by atoms with Crippen LogP contribution in [0, 0.1) is 5.92 Å². The van der Waals surface area contributed by atoms with Gasteiger partial charge in [0.15, 0.2) is 6.04 Å². The van der Waals surface area contributed by atoms with Crippen LogP contribution >= 0.6 is 0 Å². The molecule has 0 spiro atoms. The third-order valence-corrected chi connectivity index (χ3v) is 5.03. The van der Waals surface area contributed by atoms with Gasteiger partial charge in [-0.15, -0.1) is 0 Å². The van der Waals surface area contributed by atoms with Crippen molar-refractivity contribution in [1.82, 2.24) is 10.4 Å². The molecule has 3 nitrogen and oxygen atoms in total. The lowest BCUT2D eigenvalue weighted by Gasteiger charge is -2.38. The molecule has 1 aliphatic rings. The summed E-state index contributed by atoms with van der Waals surface area (Å²) in [6, 6.07) is 8.67. The molecule has 1 amide bonds. The average Bonchev–Trinajstić information content (AvgIpc) is 2.80. The van der Waals surface area contributed by atoms with E-state index in [-0.39, 0.29) is 12.0 Å². The van der Waals surface area contributed by atoms with Gasteiger partial charge >= 0.3 is 6.18 Å². The highest BCUT2D eigenvalue weighted by Gasteiger charge is 2.53. The number of hydrazine groups is 1. The molecule has 0 aliphatic carbocycles. The molecule has 1 aliphatic heterocycles. The Morgan fingerprint density at radius 1 is 1.11 bits per heavy atom. The van der Waals surface area contributed by atoms with Crippen LogP contribution < -0.4 is 5.43 Å². The fourth-order valence-corrected chi connectivity index (χ4v) is 3.92. The van der Waals surface area contributed by atoms with Gasteiger partial charge in [0.1, 0.15) is 0 Å². The molecule has 1 atom stereocenters. The molecule has 2 aromatic rings. The predicted octanol–water partition coefficient (Wildman–Crippen LogP) is 5.16. The molecule has 1 N–H and O–H groups in total. The lowest BCUT2D eigenvalue weighted by Crippen LogP contribution is -2.51. The Hall–Kier alpha value is -2.08. The maximum Gasteiger partial charge on any atom is 0.409 e. The van der Waals surface area contributed by atoms with Crippen LogP contribution in [0.15, 0.2) is 36.4 Å². The van der Waals surface area contributed by atoms with Crippen LogP contribution in [0.3, 0.4) is 0 Å². The number of hydrogen-bond acceptors (Lipinski definition) is 2. The number of halogens is 3. The number of carbonyl (C=O) groups is 1. The number of alkyl halides is 3. The minimum atomic E-state index is -4.53. The minimum absolute atomic E-state index is 0.0307. The Morgan fingerprint density at radius 2 is 1.74 bits per heavy atom. The number of amides is 1. The molecular weight excluding hydrogens is 353 g/mol. The quantitative estimate of drug-likeness (QED) is 0.797. The summed E-state index contributed by atoms with van der Waals surface area (Å²) in [6.45, 7) is 7.48. The zero-order chi connectivity index (χ0) is 20.0. The number of nitrogens with one attached hydrogen (secondary N) is 1. The molecule has 2 aromatic carbocycles. The number of carbonyl (C=O) groups excluding carboxylic acids is 1. The summed E-state index contributed by atoms with van der Waals surface area (Å²) in [7, 11) is 0. The standard InChI is InChI=1S/C21H25F3N2O/c1-13(2)11-14-9-10-17(16-8-6-5-7-15(14)16)19(21(22,23)24)26-20(3,4)12-18(27)25-26/h5-10,13,19H,11-12H2,1-4H3,(H,25,27)/t19-/m0/s1. The molecule has 0 bridgehead atoms. The Bertz CT molecular complexity index is 858. The van der Waals surface area contributed by atoms with Crippen LogP contribution in [-0.2, 0) is 11.2 Å². The van der Waals surface area contributed by atoms with Crippen LogP contribution in [0.5, 0.6) is 0 Å². The zero-order valence-corrected chi connectivity index (χ0v) is 16.0. The Kier molecular flexibility index (Phi) is 4.97. The van der Waals surface area contributed by atoms with Gasteiger partial charge in [0.2, 0.25) is 5.91 Å². The third kappa shape index (κ3) is 3.81. The topological polar surface area (TPSA) is 32.3 Å². The second kappa shape index (κ2) is 6.82. The second-order valence-electron chi connectivity index (χ2n) is 8.30. The lowest BCUT2D eigenvalue weighted by atomic mass is 9.90. The highest BCUT2D eigenvalue weighted by atomic mass is 19.4. The summed E-state index contributed by atoms with van der Waals surface area (Å²) in [4.78, 5) is 11.9. The van der Waals surface area contributed by atoms with Crippen molar-refractivity contribution in [1.29, 1.82) is 0 Å². The fraction of sp³-hybridized carbons (Fsp3) is 0.476. The number of benzene rings is 2. The van der Waals surface area contributed by atoms with Gasteiger partial charge in [0, 0.05) is 12.0 Å². The average molecular weight is 378 g/mol. The molecular formula is C21H25F3N2O. The van der Waals surface area contributed by atoms with Crippen molar-refractivity contribution >= 4 is 16.7 Å². The first-order chi connectivity index (χ1) is 12.5. The van der Waals surface area contributed by atoms with Gasteiger partial charge < -0.3 is 0 Å². The van der Waals surface area contributed by atoms with E-state index in [1.54, 1.807) is 38.1 Å². The number of hydrogen-bond donors (Lipinski definition) is 1. The second-order valence-corrected chi connectivity index (χ2v) is 8.30. The summed E-state index contributed by atoms with van der Waals surface area (Å²) in [5.41, 5.74) is 2.70. The fourth-order valence-electron chi connectivity index (χ4n) is 3.92. The SMILES string of the molecule is CC(C)Cc1ccc([C@H](N2NC(=O)CC2(C)C)C(F)(F)F)c2ccccc12. The number of nitrogens with zero attached hydrogens (tertiary/aromatic N) is 1. The van der Waals surface area contributed by atoms with Crippen molar-refractivity contribution in [2.24, 2.45) is 5.92 Å². The zero-order valence-electron chi connectivity index (χ0n) is 16.0. The lowest BCUT2D eigenvalue weighted by molar-refractivity contribution is -0.203. The Labute approximate surface area is 157 Å². The van der Waals surface area contributed by atoms with Gasteiger partial charge in [-0.1, -0.05) is 50.2 Å².